The van der Waals surface area contributed by atoms with Gasteiger partial charge in [-0.15, -0.1) is 0 Å². The van der Waals surface area contributed by atoms with E-state index in [2.05, 4.69) is 10.1 Å². The monoisotopic (exact) mass is 295 g/mol. The number of amides is 1. The Morgan fingerprint density at radius 3 is 2.58 bits per heavy atom. The van der Waals surface area contributed by atoms with Gasteiger partial charge in [-0.2, -0.15) is 13.2 Å². The van der Waals surface area contributed by atoms with Crippen molar-refractivity contribution in [3.63, 3.8) is 0 Å². The lowest BCUT2D eigenvalue weighted by molar-refractivity contribution is -0.174. The molecule has 19 heavy (non-hydrogen) atoms. The summed E-state index contributed by atoms with van der Waals surface area (Å²) in [5.41, 5.74) is 0.295. The molecule has 0 radical (unpaired) electrons. The third-order valence-corrected chi connectivity index (χ3v) is 2.95. The lowest BCUT2D eigenvalue weighted by atomic mass is 10.3. The average Bonchev–Trinajstić information content (AvgIpc) is 2.27. The van der Waals surface area contributed by atoms with Crippen LogP contribution in [0.1, 0.15) is 0 Å². The van der Waals surface area contributed by atoms with E-state index in [4.69, 9.17) is 0 Å². The first-order valence-corrected chi connectivity index (χ1v) is 6.72. The predicted molar refractivity (Wildman–Crippen MR) is 64.3 cm³/mol. The quantitative estimate of drug-likeness (QED) is 0.903. The molecule has 0 bridgehead atoms. The highest BCUT2D eigenvalue weighted by molar-refractivity contribution is 7.84. The smallest absolute Gasteiger partial charge is 0.362 e. The van der Waals surface area contributed by atoms with Crippen molar-refractivity contribution in [3.8, 4) is 0 Å². The summed E-state index contributed by atoms with van der Waals surface area (Å²) in [5, 5.41) is 2.35. The average molecular weight is 295 g/mol. The number of alkyl halides is 3. The maximum atomic E-state index is 11.8. The molecule has 0 saturated heterocycles. The number of rotatable bonds is 5. The molecule has 0 fully saturated rings. The van der Waals surface area contributed by atoms with Gasteiger partial charge in [-0.05, 0) is 12.1 Å². The van der Waals surface area contributed by atoms with E-state index in [1.165, 1.54) is 12.3 Å². The summed E-state index contributed by atoms with van der Waals surface area (Å²) in [5.74, 6) is -0.734. The summed E-state index contributed by atoms with van der Waals surface area (Å²) in [6, 6.07) is 6.33. The topological polar surface area (TPSA) is 55.4 Å². The fourth-order valence-electron chi connectivity index (χ4n) is 1.27. The van der Waals surface area contributed by atoms with Crippen LogP contribution in [0, 0.1) is 0 Å². The van der Waals surface area contributed by atoms with E-state index in [9.17, 15) is 22.2 Å². The Bertz CT molecular complexity index is 476. The Balaban J connectivity index is 2.56. The minimum absolute atomic E-state index is 0.295. The van der Waals surface area contributed by atoms with E-state index in [0.717, 1.165) is 0 Å². The second-order valence-electron chi connectivity index (χ2n) is 3.61. The summed E-state index contributed by atoms with van der Waals surface area (Å²) in [6.45, 7) is -2.20. The Morgan fingerprint density at radius 2 is 2.00 bits per heavy atom. The molecule has 8 heteroatoms. The van der Waals surface area contributed by atoms with Crippen molar-refractivity contribution in [2.75, 3.05) is 24.8 Å². The van der Waals surface area contributed by atoms with Crippen molar-refractivity contribution in [1.82, 2.24) is 0 Å². The van der Waals surface area contributed by atoms with Crippen molar-refractivity contribution < 1.29 is 26.9 Å². The van der Waals surface area contributed by atoms with Crippen LogP contribution >= 0.6 is 0 Å². The van der Waals surface area contributed by atoms with Crippen LogP contribution in [0.15, 0.2) is 29.2 Å². The largest absolute Gasteiger partial charge is 0.411 e. The van der Waals surface area contributed by atoms with Crippen LogP contribution in [0.2, 0.25) is 0 Å². The van der Waals surface area contributed by atoms with Crippen LogP contribution in [0.25, 0.3) is 0 Å². The van der Waals surface area contributed by atoms with Gasteiger partial charge in [0.05, 0.1) is 21.4 Å². The van der Waals surface area contributed by atoms with Crippen LogP contribution in [0.4, 0.5) is 18.9 Å². The fraction of sp³-hybridized carbons (Fsp3) is 0.364. The van der Waals surface area contributed by atoms with E-state index in [1.807, 2.05) is 0 Å². The summed E-state index contributed by atoms with van der Waals surface area (Å²) in [4.78, 5) is 11.8. The van der Waals surface area contributed by atoms with Gasteiger partial charge in [0, 0.05) is 6.26 Å². The molecule has 1 amide bonds. The van der Waals surface area contributed by atoms with Gasteiger partial charge < -0.3 is 10.1 Å². The molecule has 0 saturated carbocycles. The number of nitrogens with one attached hydrogen (secondary N) is 1. The molecule has 0 aliphatic rings. The second-order valence-corrected chi connectivity index (χ2v) is 4.95. The Kier molecular flexibility index (Phi) is 5.49. The molecule has 1 N–H and O–H groups in total. The Labute approximate surface area is 110 Å². The number of carbonyl (C=O) groups excluding carboxylic acids is 1. The van der Waals surface area contributed by atoms with Gasteiger partial charge in [0.15, 0.2) is 0 Å². The number of benzene rings is 1. The molecular weight excluding hydrogens is 283 g/mol. The van der Waals surface area contributed by atoms with Crippen molar-refractivity contribution in [3.05, 3.63) is 24.3 Å². The number of hydrogen-bond acceptors (Lipinski definition) is 3. The Morgan fingerprint density at radius 1 is 1.37 bits per heavy atom. The summed E-state index contributed by atoms with van der Waals surface area (Å²) in [6.07, 6.45) is -3.03. The third-order valence-electron chi connectivity index (χ3n) is 1.97. The van der Waals surface area contributed by atoms with Crippen molar-refractivity contribution in [2.45, 2.75) is 11.1 Å². The number of para-hydroxylation sites is 1. The minimum atomic E-state index is -4.47. The van der Waals surface area contributed by atoms with Crippen molar-refractivity contribution >= 4 is 22.4 Å². The maximum absolute atomic E-state index is 11.8. The number of ether oxygens (including phenoxy) is 1. The molecule has 1 atom stereocenters. The predicted octanol–water partition coefficient (Wildman–Crippen LogP) is 1.94. The SMILES string of the molecule is C[S@](=O)c1ccccc1NC(=O)COCC(F)(F)F. The van der Waals surface area contributed by atoms with Crippen molar-refractivity contribution in [2.24, 2.45) is 0 Å². The molecule has 1 rings (SSSR count). The normalized spacial score (nSPS) is 13.1. The molecule has 0 spiro atoms. The first-order chi connectivity index (χ1) is 8.79. The molecule has 0 aliphatic carbocycles. The summed E-state index contributed by atoms with van der Waals surface area (Å²) in [7, 11) is -1.31. The van der Waals surface area contributed by atoms with Crippen molar-refractivity contribution in [1.29, 1.82) is 0 Å². The van der Waals surface area contributed by atoms with Gasteiger partial charge in [0.2, 0.25) is 5.91 Å². The standard InChI is InChI=1S/C11H12F3NO3S/c1-19(17)9-5-3-2-4-8(9)15-10(16)6-18-7-11(12,13)14/h2-5H,6-7H2,1H3,(H,15,16)/t19-/m0/s1. The zero-order valence-electron chi connectivity index (χ0n) is 9.99. The molecular formula is C11H12F3NO3S. The van der Waals surface area contributed by atoms with Crippen LogP contribution in [0.5, 0.6) is 0 Å². The highest BCUT2D eigenvalue weighted by Gasteiger charge is 2.27. The first-order valence-electron chi connectivity index (χ1n) is 5.16. The highest BCUT2D eigenvalue weighted by atomic mass is 32.2. The molecule has 0 aliphatic heterocycles. The number of hydrogen-bond donors (Lipinski definition) is 1. The lowest BCUT2D eigenvalue weighted by Crippen LogP contribution is -2.24. The third kappa shape index (κ3) is 5.84. The minimum Gasteiger partial charge on any atom is -0.362 e. The van der Waals surface area contributed by atoms with Crippen LogP contribution < -0.4 is 5.32 Å². The van der Waals surface area contributed by atoms with E-state index in [1.54, 1.807) is 18.2 Å². The van der Waals surface area contributed by atoms with Gasteiger partial charge in [0.25, 0.3) is 0 Å². The fourth-order valence-corrected chi connectivity index (χ4v) is 1.97. The Hall–Kier alpha value is -1.41. The summed E-state index contributed by atoms with van der Waals surface area (Å²) < 4.78 is 51.0. The van der Waals surface area contributed by atoms with Gasteiger partial charge in [-0.1, -0.05) is 12.1 Å². The maximum Gasteiger partial charge on any atom is 0.411 e. The van der Waals surface area contributed by atoms with Crippen LogP contribution in [-0.2, 0) is 20.3 Å². The molecule has 1 aromatic carbocycles. The zero-order chi connectivity index (χ0) is 14.5. The molecule has 0 aromatic heterocycles. The van der Waals surface area contributed by atoms with Crippen LogP contribution in [-0.4, -0.2) is 35.8 Å². The van der Waals surface area contributed by atoms with E-state index in [0.29, 0.717) is 10.6 Å². The zero-order valence-corrected chi connectivity index (χ0v) is 10.8. The van der Waals surface area contributed by atoms with E-state index >= 15 is 0 Å². The van der Waals surface area contributed by atoms with Crippen LogP contribution in [0.3, 0.4) is 0 Å². The molecule has 0 unspecified atom stereocenters. The lowest BCUT2D eigenvalue weighted by Gasteiger charge is -2.10. The second kappa shape index (κ2) is 6.67. The van der Waals surface area contributed by atoms with E-state index < -0.39 is 36.1 Å². The molecule has 106 valence electrons. The van der Waals surface area contributed by atoms with Gasteiger partial charge in [-0.25, -0.2) is 0 Å². The number of anilines is 1. The highest BCUT2D eigenvalue weighted by Crippen LogP contribution is 2.18. The first kappa shape index (κ1) is 15.6. The van der Waals surface area contributed by atoms with Gasteiger partial charge in [-0.3, -0.25) is 9.00 Å². The summed E-state index contributed by atoms with van der Waals surface area (Å²) >= 11 is 0. The number of halogens is 3. The number of carbonyl (C=O) groups is 1. The molecule has 0 heterocycles. The molecule has 1 aromatic rings. The van der Waals surface area contributed by atoms with Gasteiger partial charge in [0.1, 0.15) is 13.2 Å². The molecule has 4 nitrogen and oxygen atoms in total. The van der Waals surface area contributed by atoms with E-state index in [-0.39, 0.29) is 0 Å². The van der Waals surface area contributed by atoms with Gasteiger partial charge >= 0.3 is 6.18 Å².